The van der Waals surface area contributed by atoms with Crippen molar-refractivity contribution < 1.29 is 23.9 Å². The molecule has 2 amide bonds. The SMILES string of the molecule is Cc1cc(C(=O)OCC(=O)NNC(=O)COc2ccc(Cl)cc2)c(C)n1C1CC1. The fourth-order valence-corrected chi connectivity index (χ4v) is 3.10. The molecule has 1 aromatic carbocycles. The van der Waals surface area contributed by atoms with Crippen LogP contribution >= 0.6 is 11.6 Å². The van der Waals surface area contributed by atoms with Gasteiger partial charge in [0.1, 0.15) is 5.75 Å². The van der Waals surface area contributed by atoms with Crippen molar-refractivity contribution in [2.75, 3.05) is 13.2 Å². The first kappa shape index (κ1) is 20.7. The standard InChI is InChI=1S/C20H22ClN3O5/c1-12-9-17(13(2)24(12)15-5-6-15)20(27)29-11-19(26)23-22-18(25)10-28-16-7-3-14(21)4-8-16/h3-4,7-9,15H,5-6,10-11H2,1-2H3,(H,22,25)(H,23,26). The molecule has 1 aliphatic carbocycles. The van der Waals surface area contributed by atoms with Crippen LogP contribution in [0.1, 0.15) is 40.6 Å². The summed E-state index contributed by atoms with van der Waals surface area (Å²) in [7, 11) is 0. The van der Waals surface area contributed by atoms with Gasteiger partial charge in [-0.05, 0) is 57.0 Å². The van der Waals surface area contributed by atoms with E-state index in [0.717, 1.165) is 24.2 Å². The molecule has 9 heteroatoms. The molecule has 2 aromatic rings. The largest absolute Gasteiger partial charge is 0.484 e. The smallest absolute Gasteiger partial charge is 0.340 e. The number of aromatic nitrogens is 1. The fourth-order valence-electron chi connectivity index (χ4n) is 2.98. The summed E-state index contributed by atoms with van der Waals surface area (Å²) in [6.45, 7) is 3.00. The quantitative estimate of drug-likeness (QED) is 0.530. The molecule has 1 aliphatic rings. The summed E-state index contributed by atoms with van der Waals surface area (Å²) in [5, 5.41) is 0.554. The lowest BCUT2D eigenvalue weighted by molar-refractivity contribution is -0.131. The second kappa shape index (κ2) is 9.00. The number of rotatable bonds is 7. The van der Waals surface area contributed by atoms with Gasteiger partial charge in [-0.3, -0.25) is 20.4 Å². The Kier molecular flexibility index (Phi) is 6.43. The van der Waals surface area contributed by atoms with Crippen LogP contribution < -0.4 is 15.6 Å². The summed E-state index contributed by atoms with van der Waals surface area (Å²) in [5.74, 6) is -1.33. The van der Waals surface area contributed by atoms with Crippen molar-refractivity contribution >= 4 is 29.4 Å². The van der Waals surface area contributed by atoms with Crippen molar-refractivity contribution in [3.05, 3.63) is 52.3 Å². The lowest BCUT2D eigenvalue weighted by Gasteiger charge is -2.10. The van der Waals surface area contributed by atoms with Crippen LogP contribution in [0.4, 0.5) is 0 Å². The van der Waals surface area contributed by atoms with Crippen molar-refractivity contribution in [3.63, 3.8) is 0 Å². The van der Waals surface area contributed by atoms with Gasteiger partial charge in [0.15, 0.2) is 13.2 Å². The Morgan fingerprint density at radius 2 is 1.69 bits per heavy atom. The molecule has 0 aliphatic heterocycles. The van der Waals surface area contributed by atoms with Gasteiger partial charge in [0, 0.05) is 22.5 Å². The first-order valence-corrected chi connectivity index (χ1v) is 9.54. The lowest BCUT2D eigenvalue weighted by atomic mass is 10.2. The Labute approximate surface area is 173 Å². The van der Waals surface area contributed by atoms with Gasteiger partial charge in [-0.2, -0.15) is 0 Å². The van der Waals surface area contributed by atoms with Gasteiger partial charge in [-0.25, -0.2) is 4.79 Å². The number of halogens is 1. The molecule has 2 N–H and O–H groups in total. The maximum atomic E-state index is 12.3. The molecule has 0 atom stereocenters. The number of ether oxygens (including phenoxy) is 2. The zero-order chi connectivity index (χ0) is 21.0. The molecule has 0 spiro atoms. The number of esters is 1. The molecule has 0 bridgehead atoms. The van der Waals surface area contributed by atoms with E-state index >= 15 is 0 Å². The molecular weight excluding hydrogens is 398 g/mol. The number of amides is 2. The Morgan fingerprint density at radius 3 is 2.31 bits per heavy atom. The van der Waals surface area contributed by atoms with Crippen LogP contribution in [0.3, 0.4) is 0 Å². The van der Waals surface area contributed by atoms with Gasteiger partial charge in [0.05, 0.1) is 5.56 Å². The van der Waals surface area contributed by atoms with Crippen LogP contribution in [0.15, 0.2) is 30.3 Å². The Hall–Kier alpha value is -3.00. The zero-order valence-electron chi connectivity index (χ0n) is 16.2. The molecule has 1 saturated carbocycles. The van der Waals surface area contributed by atoms with Crippen LogP contribution in [0, 0.1) is 13.8 Å². The number of hydrogen-bond donors (Lipinski definition) is 2. The van der Waals surface area contributed by atoms with Crippen molar-refractivity contribution in [1.29, 1.82) is 0 Å². The minimum Gasteiger partial charge on any atom is -0.484 e. The van der Waals surface area contributed by atoms with E-state index in [2.05, 4.69) is 15.4 Å². The minimum atomic E-state index is -0.658. The summed E-state index contributed by atoms with van der Waals surface area (Å²) < 4.78 is 12.4. The highest BCUT2D eigenvalue weighted by molar-refractivity contribution is 6.30. The summed E-state index contributed by atoms with van der Waals surface area (Å²) in [6.07, 6.45) is 2.21. The number of hydrazine groups is 1. The Balaban J connectivity index is 1.39. The zero-order valence-corrected chi connectivity index (χ0v) is 16.9. The Morgan fingerprint density at radius 1 is 1.07 bits per heavy atom. The van der Waals surface area contributed by atoms with Crippen LogP contribution in [-0.4, -0.2) is 35.6 Å². The minimum absolute atomic E-state index is 0.297. The number of carbonyl (C=O) groups excluding carboxylic acids is 3. The van der Waals surface area contributed by atoms with Gasteiger partial charge in [0.25, 0.3) is 11.8 Å². The first-order valence-electron chi connectivity index (χ1n) is 9.16. The van der Waals surface area contributed by atoms with E-state index in [1.54, 1.807) is 30.3 Å². The molecule has 1 fully saturated rings. The number of hydrogen-bond acceptors (Lipinski definition) is 5. The summed E-state index contributed by atoms with van der Waals surface area (Å²) in [6, 6.07) is 8.72. The monoisotopic (exact) mass is 419 g/mol. The number of benzene rings is 1. The van der Waals surface area contributed by atoms with E-state index in [4.69, 9.17) is 21.1 Å². The molecule has 3 rings (SSSR count). The molecule has 1 heterocycles. The van der Waals surface area contributed by atoms with E-state index in [1.165, 1.54) is 0 Å². The van der Waals surface area contributed by atoms with Crippen molar-refractivity contribution in [3.8, 4) is 5.75 Å². The Bertz CT molecular complexity index is 919. The summed E-state index contributed by atoms with van der Waals surface area (Å²) in [4.78, 5) is 35.8. The molecule has 1 aromatic heterocycles. The topological polar surface area (TPSA) is 98.7 Å². The van der Waals surface area contributed by atoms with Gasteiger partial charge in [-0.1, -0.05) is 11.6 Å². The summed E-state index contributed by atoms with van der Waals surface area (Å²) >= 11 is 5.76. The molecule has 0 radical (unpaired) electrons. The predicted octanol–water partition coefficient (Wildman–Crippen LogP) is 2.48. The third kappa shape index (κ3) is 5.51. The highest BCUT2D eigenvalue weighted by Gasteiger charge is 2.28. The molecule has 8 nitrogen and oxygen atoms in total. The molecule has 29 heavy (non-hydrogen) atoms. The van der Waals surface area contributed by atoms with Crippen LogP contribution in [0.2, 0.25) is 5.02 Å². The number of carbonyl (C=O) groups is 3. The average molecular weight is 420 g/mol. The maximum Gasteiger partial charge on any atom is 0.340 e. The number of aryl methyl sites for hydroxylation is 1. The third-order valence-electron chi connectivity index (χ3n) is 4.48. The van der Waals surface area contributed by atoms with E-state index in [9.17, 15) is 14.4 Å². The predicted molar refractivity (Wildman–Crippen MR) is 106 cm³/mol. The van der Waals surface area contributed by atoms with Gasteiger partial charge >= 0.3 is 5.97 Å². The summed E-state index contributed by atoms with van der Waals surface area (Å²) in [5.41, 5.74) is 6.64. The van der Waals surface area contributed by atoms with Crippen molar-refractivity contribution in [2.45, 2.75) is 32.7 Å². The molecule has 154 valence electrons. The van der Waals surface area contributed by atoms with Crippen molar-refractivity contribution in [2.24, 2.45) is 0 Å². The second-order valence-electron chi connectivity index (χ2n) is 6.80. The normalized spacial score (nSPS) is 12.9. The van der Waals surface area contributed by atoms with Crippen LogP contribution in [0.25, 0.3) is 0 Å². The van der Waals surface area contributed by atoms with Crippen LogP contribution in [0.5, 0.6) is 5.75 Å². The molecule has 0 unspecified atom stereocenters. The van der Waals surface area contributed by atoms with E-state index in [-0.39, 0.29) is 6.61 Å². The molecular formula is C20H22ClN3O5. The first-order chi connectivity index (χ1) is 13.8. The average Bonchev–Trinajstić information content (AvgIpc) is 3.48. The molecule has 0 saturated heterocycles. The third-order valence-corrected chi connectivity index (χ3v) is 4.73. The maximum absolute atomic E-state index is 12.3. The van der Waals surface area contributed by atoms with E-state index < -0.39 is 24.4 Å². The second-order valence-corrected chi connectivity index (χ2v) is 7.24. The van der Waals surface area contributed by atoms with E-state index in [0.29, 0.717) is 22.4 Å². The van der Waals surface area contributed by atoms with Gasteiger partial charge in [-0.15, -0.1) is 0 Å². The number of nitrogens with zero attached hydrogens (tertiary/aromatic N) is 1. The number of nitrogens with one attached hydrogen (secondary N) is 2. The van der Waals surface area contributed by atoms with Crippen LogP contribution in [-0.2, 0) is 14.3 Å². The van der Waals surface area contributed by atoms with Crippen molar-refractivity contribution in [1.82, 2.24) is 15.4 Å². The van der Waals surface area contributed by atoms with Gasteiger partial charge < -0.3 is 14.0 Å². The van der Waals surface area contributed by atoms with Gasteiger partial charge in [0.2, 0.25) is 0 Å². The lowest BCUT2D eigenvalue weighted by Crippen LogP contribution is -2.45. The van der Waals surface area contributed by atoms with E-state index in [1.807, 2.05) is 13.8 Å². The fraction of sp³-hybridized carbons (Fsp3) is 0.350. The highest BCUT2D eigenvalue weighted by Crippen LogP contribution is 2.38. The highest BCUT2D eigenvalue weighted by atomic mass is 35.5.